The molecule has 1 spiro atoms. The Balaban J connectivity index is 1.07. The highest BCUT2D eigenvalue weighted by Gasteiger charge is 2.48. The molecule has 2 aliphatic rings. The van der Waals surface area contributed by atoms with E-state index in [2.05, 4.69) is 51.7 Å². The van der Waals surface area contributed by atoms with Gasteiger partial charge in [-0.25, -0.2) is 9.97 Å². The van der Waals surface area contributed by atoms with Crippen LogP contribution in [0, 0.1) is 34.5 Å². The smallest absolute Gasteiger partial charge is 0.225 e. The quantitative estimate of drug-likeness (QED) is 0.0508. The van der Waals surface area contributed by atoms with E-state index in [9.17, 15) is 0 Å². The van der Waals surface area contributed by atoms with Crippen molar-refractivity contribution in [3.63, 3.8) is 0 Å². The molecule has 0 amide bonds. The summed E-state index contributed by atoms with van der Waals surface area (Å²) >= 11 is 0. The van der Waals surface area contributed by atoms with Crippen molar-refractivity contribution in [3.05, 3.63) is 60.6 Å². The van der Waals surface area contributed by atoms with Gasteiger partial charge in [0.1, 0.15) is 19.0 Å². The van der Waals surface area contributed by atoms with Crippen molar-refractivity contribution in [1.29, 1.82) is 10.8 Å². The highest BCUT2D eigenvalue weighted by molar-refractivity contribution is 5.98. The third-order valence-corrected chi connectivity index (χ3v) is 9.93. The summed E-state index contributed by atoms with van der Waals surface area (Å²) < 4.78 is 27.3. The molecule has 4 rings (SSSR count). The van der Waals surface area contributed by atoms with Gasteiger partial charge in [-0.1, -0.05) is 42.8 Å². The molecule has 5 N–H and O–H groups in total. The molecular weight excluding hydrogens is 672 g/mol. The van der Waals surface area contributed by atoms with E-state index in [0.29, 0.717) is 89.3 Å². The van der Waals surface area contributed by atoms with Gasteiger partial charge in [0.2, 0.25) is 5.95 Å². The fourth-order valence-corrected chi connectivity index (χ4v) is 7.06. The van der Waals surface area contributed by atoms with Crippen molar-refractivity contribution in [1.82, 2.24) is 20.2 Å². The monoisotopic (exact) mass is 732 g/mol. The third-order valence-electron chi connectivity index (χ3n) is 9.93. The topological polar surface area (TPSA) is 164 Å². The van der Waals surface area contributed by atoms with Crippen molar-refractivity contribution in [2.75, 3.05) is 84.0 Å². The largest absolute Gasteiger partial charge is 0.488 e. The zero-order valence-corrected chi connectivity index (χ0v) is 31.7. The lowest BCUT2D eigenvalue weighted by atomic mass is 9.57. The van der Waals surface area contributed by atoms with E-state index in [-0.39, 0.29) is 23.4 Å². The van der Waals surface area contributed by atoms with Gasteiger partial charge in [0.15, 0.2) is 5.75 Å². The van der Waals surface area contributed by atoms with Gasteiger partial charge >= 0.3 is 0 Å². The van der Waals surface area contributed by atoms with Crippen molar-refractivity contribution >= 4 is 17.6 Å². The second-order valence-corrected chi connectivity index (χ2v) is 14.0. The molecule has 1 saturated carbocycles. The lowest BCUT2D eigenvalue weighted by molar-refractivity contribution is -0.00189. The Morgan fingerprint density at radius 2 is 1.58 bits per heavy atom. The number of hydrogen-bond donors (Lipinski definition) is 4. The number of hydrogen-bond acceptors (Lipinski definition) is 12. The molecule has 2 heterocycles. The summed E-state index contributed by atoms with van der Waals surface area (Å²) in [5.41, 5.74) is 8.62. The maximum absolute atomic E-state index is 9.08. The number of ether oxygens (including phenoxy) is 5. The van der Waals surface area contributed by atoms with Crippen LogP contribution >= 0.6 is 0 Å². The van der Waals surface area contributed by atoms with Gasteiger partial charge in [0, 0.05) is 49.8 Å². The van der Waals surface area contributed by atoms with E-state index in [0.717, 1.165) is 63.0 Å². The predicted octanol–water partition coefficient (Wildman–Crippen LogP) is 4.80. The molecule has 0 bridgehead atoms. The number of aromatic nitrogens is 2. The Morgan fingerprint density at radius 3 is 2.17 bits per heavy atom. The van der Waals surface area contributed by atoms with Crippen LogP contribution < -0.4 is 20.7 Å². The number of nitrogens with one attached hydrogen (secondary N) is 3. The van der Waals surface area contributed by atoms with Crippen molar-refractivity contribution in [3.8, 4) is 18.1 Å². The molecule has 1 aromatic heterocycles. The number of nitrogens with two attached hydrogens (primary N) is 1. The van der Waals surface area contributed by atoms with Crippen LogP contribution in [0.15, 0.2) is 55.0 Å². The summed E-state index contributed by atoms with van der Waals surface area (Å²) in [6, 6.07) is 10.0. The second-order valence-electron chi connectivity index (χ2n) is 14.0. The summed E-state index contributed by atoms with van der Waals surface area (Å²) in [5, 5.41) is 21.0. The van der Waals surface area contributed by atoms with E-state index in [1.807, 2.05) is 23.1 Å². The summed E-state index contributed by atoms with van der Waals surface area (Å²) in [4.78, 5) is 13.2. The van der Waals surface area contributed by atoms with Gasteiger partial charge in [-0.3, -0.25) is 10.8 Å². The van der Waals surface area contributed by atoms with Crippen LogP contribution in [0.2, 0.25) is 0 Å². The molecule has 1 aliphatic carbocycles. The zero-order valence-electron chi connectivity index (χ0n) is 31.7. The summed E-state index contributed by atoms with van der Waals surface area (Å²) in [5.74, 6) is 4.84. The second kappa shape index (κ2) is 22.2. The van der Waals surface area contributed by atoms with Crippen LogP contribution in [-0.2, 0) is 18.9 Å². The van der Waals surface area contributed by atoms with Crippen LogP contribution in [0.4, 0.5) is 5.95 Å². The van der Waals surface area contributed by atoms with Gasteiger partial charge in [-0.05, 0) is 56.9 Å². The van der Waals surface area contributed by atoms with Crippen molar-refractivity contribution in [2.24, 2.45) is 17.1 Å². The minimum atomic E-state index is -0.0365. The van der Waals surface area contributed by atoms with Gasteiger partial charge in [-0.15, -0.1) is 6.42 Å². The van der Waals surface area contributed by atoms with Crippen LogP contribution in [0.3, 0.4) is 0 Å². The van der Waals surface area contributed by atoms with Gasteiger partial charge in [-0.2, -0.15) is 0 Å². The average Bonchev–Trinajstić information content (AvgIpc) is 3.14. The molecule has 290 valence electrons. The number of benzene rings is 1. The Morgan fingerprint density at radius 1 is 1.00 bits per heavy atom. The minimum Gasteiger partial charge on any atom is -0.488 e. The molecule has 13 nitrogen and oxygen atoms in total. The Bertz CT molecular complexity index is 1440. The number of anilines is 1. The summed E-state index contributed by atoms with van der Waals surface area (Å²) in [7, 11) is 0. The average molecular weight is 733 g/mol. The number of amidine groups is 2. The maximum atomic E-state index is 9.08. The van der Waals surface area contributed by atoms with E-state index < -0.39 is 0 Å². The normalized spacial score (nSPS) is 16.3. The standard InChI is InChI=1S/C40H60N8O5/c1-5-17-49-18-19-50-20-21-51-22-23-52-24-25-53-36-29-45-39(46-30-36)47-15-12-40(13-16-47)27-35(28-40)38(43)48(33(4)41)32(3)26-31(2)44-14-11-37(42)34-9-7-6-8-10-34/h1,6-10,29-30,32,35,37,41,43-44H,2,11-28,42H2,3-4H3. The highest BCUT2D eigenvalue weighted by Crippen LogP contribution is 2.53. The molecule has 1 aromatic carbocycles. The number of piperidine rings is 1. The van der Waals surface area contributed by atoms with E-state index in [1.165, 1.54) is 0 Å². The number of terminal acetylenes is 1. The van der Waals surface area contributed by atoms with E-state index in [4.69, 9.17) is 46.7 Å². The first kappa shape index (κ1) is 41.7. The van der Waals surface area contributed by atoms with Crippen molar-refractivity contribution < 1.29 is 23.7 Å². The fraction of sp³-hybridized carbons (Fsp3) is 0.600. The van der Waals surface area contributed by atoms with Crippen LogP contribution in [0.1, 0.15) is 64.0 Å². The molecular formula is C40H60N8O5. The number of nitrogens with zero attached hydrogens (tertiary/aromatic N) is 4. The number of rotatable bonds is 24. The Labute approximate surface area is 316 Å². The van der Waals surface area contributed by atoms with E-state index in [1.54, 1.807) is 19.3 Å². The first-order chi connectivity index (χ1) is 25.7. The SMILES string of the molecule is C#CCOCCOCCOCCOCCOc1cnc(N2CCC3(CC2)CC(C(=N)N(C(C)=N)C(C)CC(=C)NCCC(N)c2ccccc2)C3)nc1. The molecule has 2 aromatic rings. The van der Waals surface area contributed by atoms with Gasteiger partial charge in [0.25, 0.3) is 0 Å². The predicted molar refractivity (Wildman–Crippen MR) is 208 cm³/mol. The minimum absolute atomic E-state index is 0.0308. The molecule has 0 radical (unpaired) electrons. The molecule has 53 heavy (non-hydrogen) atoms. The van der Waals surface area contributed by atoms with Crippen molar-refractivity contribution in [2.45, 2.75) is 64.5 Å². The Hall–Kier alpha value is -4.06. The molecule has 2 atom stereocenters. The Kier molecular flexibility index (Phi) is 17.5. The molecule has 13 heteroatoms. The molecule has 1 aliphatic heterocycles. The highest BCUT2D eigenvalue weighted by atomic mass is 16.6. The summed E-state index contributed by atoms with van der Waals surface area (Å²) in [6.45, 7) is 14.6. The fourth-order valence-electron chi connectivity index (χ4n) is 7.06. The first-order valence-corrected chi connectivity index (χ1v) is 18.8. The molecule has 2 unspecified atom stereocenters. The van der Waals surface area contributed by atoms with Gasteiger partial charge in [0.05, 0.1) is 64.5 Å². The van der Waals surface area contributed by atoms with E-state index >= 15 is 0 Å². The van der Waals surface area contributed by atoms with Crippen LogP contribution in [-0.4, -0.2) is 112 Å². The lowest BCUT2D eigenvalue weighted by Crippen LogP contribution is -2.54. The molecule has 2 fully saturated rings. The maximum Gasteiger partial charge on any atom is 0.225 e. The van der Waals surface area contributed by atoms with Crippen LogP contribution in [0.5, 0.6) is 5.75 Å². The zero-order chi connectivity index (χ0) is 37.9. The van der Waals surface area contributed by atoms with Gasteiger partial charge < -0.3 is 44.5 Å². The first-order valence-electron chi connectivity index (χ1n) is 18.8. The lowest BCUT2D eigenvalue weighted by Gasteiger charge is -2.53. The third kappa shape index (κ3) is 13.7. The molecule has 1 saturated heterocycles. The van der Waals surface area contributed by atoms with Crippen LogP contribution in [0.25, 0.3) is 0 Å². The summed E-state index contributed by atoms with van der Waals surface area (Å²) in [6.07, 6.45) is 14.0.